The molecule has 0 fully saturated rings. The maximum absolute atomic E-state index is 6.08. The highest BCUT2D eigenvalue weighted by Gasteiger charge is 2.18. The molecule has 0 radical (unpaired) electrons. The number of hydrogen-bond acceptors (Lipinski definition) is 2. The lowest BCUT2D eigenvalue weighted by Crippen LogP contribution is -2.27. The number of benzene rings is 1. The van der Waals surface area contributed by atoms with E-state index in [1.54, 1.807) is 0 Å². The zero-order valence-corrected chi connectivity index (χ0v) is 13.4. The van der Waals surface area contributed by atoms with Gasteiger partial charge in [0.25, 0.3) is 0 Å². The van der Waals surface area contributed by atoms with Crippen LogP contribution in [0.15, 0.2) is 28.7 Å². The minimum Gasteiger partial charge on any atom is -0.459 e. The van der Waals surface area contributed by atoms with E-state index in [2.05, 4.69) is 58.1 Å². The average molecular weight is 273 g/mol. The fourth-order valence-corrected chi connectivity index (χ4v) is 2.52. The second-order valence-corrected chi connectivity index (χ2v) is 6.15. The SMILES string of the molecule is CCc1c(C(C)NCC(C)C(C)C)oc2ccccc12. The Bertz CT molecular complexity index is 556. The fraction of sp³-hybridized carbons (Fsp3) is 0.556. The highest BCUT2D eigenvalue weighted by atomic mass is 16.3. The molecule has 2 aromatic rings. The summed E-state index contributed by atoms with van der Waals surface area (Å²) in [6.07, 6.45) is 1.01. The van der Waals surface area contributed by atoms with Crippen LogP contribution in [0.25, 0.3) is 11.0 Å². The third-order valence-corrected chi connectivity index (χ3v) is 4.36. The molecule has 0 saturated heterocycles. The molecule has 0 aliphatic rings. The van der Waals surface area contributed by atoms with Gasteiger partial charge in [-0.05, 0) is 37.8 Å². The third kappa shape index (κ3) is 3.06. The van der Waals surface area contributed by atoms with Crippen molar-refractivity contribution in [3.63, 3.8) is 0 Å². The van der Waals surface area contributed by atoms with Crippen molar-refractivity contribution < 1.29 is 4.42 Å². The van der Waals surface area contributed by atoms with Crippen molar-refractivity contribution in [2.45, 2.75) is 47.1 Å². The third-order valence-electron chi connectivity index (χ3n) is 4.36. The van der Waals surface area contributed by atoms with Gasteiger partial charge in [-0.3, -0.25) is 0 Å². The molecule has 1 heterocycles. The number of aryl methyl sites for hydroxylation is 1. The van der Waals surface area contributed by atoms with E-state index in [1.165, 1.54) is 10.9 Å². The van der Waals surface area contributed by atoms with Crippen LogP contribution >= 0.6 is 0 Å². The van der Waals surface area contributed by atoms with Crippen LogP contribution in [0.1, 0.15) is 52.0 Å². The summed E-state index contributed by atoms with van der Waals surface area (Å²) in [6, 6.07) is 8.60. The molecule has 2 atom stereocenters. The van der Waals surface area contributed by atoms with Crippen molar-refractivity contribution in [1.29, 1.82) is 0 Å². The number of fused-ring (bicyclic) bond motifs is 1. The van der Waals surface area contributed by atoms with Crippen LogP contribution in [0.5, 0.6) is 0 Å². The second kappa shape index (κ2) is 6.45. The van der Waals surface area contributed by atoms with Crippen LogP contribution in [-0.4, -0.2) is 6.54 Å². The molecule has 2 unspecified atom stereocenters. The first-order chi connectivity index (χ1) is 9.54. The average Bonchev–Trinajstić information content (AvgIpc) is 2.82. The van der Waals surface area contributed by atoms with Gasteiger partial charge in [0.2, 0.25) is 0 Å². The Morgan fingerprint density at radius 2 is 1.80 bits per heavy atom. The van der Waals surface area contributed by atoms with Crippen LogP contribution in [-0.2, 0) is 6.42 Å². The normalized spacial score (nSPS) is 14.9. The number of para-hydroxylation sites is 1. The zero-order chi connectivity index (χ0) is 14.7. The summed E-state index contributed by atoms with van der Waals surface area (Å²) >= 11 is 0. The Labute approximate surface area is 122 Å². The molecule has 110 valence electrons. The van der Waals surface area contributed by atoms with E-state index in [4.69, 9.17) is 4.42 Å². The van der Waals surface area contributed by atoms with Gasteiger partial charge in [-0.1, -0.05) is 45.9 Å². The predicted molar refractivity (Wildman–Crippen MR) is 86.0 cm³/mol. The molecular weight excluding hydrogens is 246 g/mol. The van der Waals surface area contributed by atoms with Gasteiger partial charge in [0.05, 0.1) is 6.04 Å². The molecule has 1 N–H and O–H groups in total. The highest BCUT2D eigenvalue weighted by Crippen LogP contribution is 2.30. The van der Waals surface area contributed by atoms with Gasteiger partial charge in [-0.2, -0.15) is 0 Å². The molecule has 0 amide bonds. The van der Waals surface area contributed by atoms with Crippen LogP contribution < -0.4 is 5.32 Å². The summed E-state index contributed by atoms with van der Waals surface area (Å²) in [5.41, 5.74) is 2.35. The van der Waals surface area contributed by atoms with E-state index in [-0.39, 0.29) is 6.04 Å². The van der Waals surface area contributed by atoms with E-state index in [0.29, 0.717) is 11.8 Å². The van der Waals surface area contributed by atoms with E-state index in [1.807, 2.05) is 6.07 Å². The summed E-state index contributed by atoms with van der Waals surface area (Å²) in [4.78, 5) is 0. The van der Waals surface area contributed by atoms with Crippen LogP contribution in [0.2, 0.25) is 0 Å². The van der Waals surface area contributed by atoms with Gasteiger partial charge in [0.15, 0.2) is 0 Å². The molecule has 0 aliphatic heterocycles. The Balaban J connectivity index is 2.19. The minimum absolute atomic E-state index is 0.263. The van der Waals surface area contributed by atoms with E-state index < -0.39 is 0 Å². The fourth-order valence-electron chi connectivity index (χ4n) is 2.52. The molecule has 0 aliphatic carbocycles. The van der Waals surface area contributed by atoms with Crippen LogP contribution in [0, 0.1) is 11.8 Å². The summed E-state index contributed by atoms with van der Waals surface area (Å²) in [6.45, 7) is 12.3. The Kier molecular flexibility index (Phi) is 4.87. The van der Waals surface area contributed by atoms with Gasteiger partial charge >= 0.3 is 0 Å². The largest absolute Gasteiger partial charge is 0.459 e. The summed E-state index contributed by atoms with van der Waals surface area (Å²) < 4.78 is 6.08. The molecule has 2 rings (SSSR count). The van der Waals surface area contributed by atoms with Crippen molar-refractivity contribution in [1.82, 2.24) is 5.32 Å². The predicted octanol–water partition coefficient (Wildman–Crippen LogP) is 4.94. The molecule has 1 aromatic heterocycles. The smallest absolute Gasteiger partial charge is 0.134 e. The Morgan fingerprint density at radius 1 is 1.10 bits per heavy atom. The summed E-state index contributed by atoms with van der Waals surface area (Å²) in [7, 11) is 0. The van der Waals surface area contributed by atoms with Crippen molar-refractivity contribution in [2.24, 2.45) is 11.8 Å². The standard InChI is InChI=1S/C18H27NO/c1-6-15-16-9-7-8-10-17(16)20-18(15)14(5)19-11-13(4)12(2)3/h7-10,12-14,19H,6,11H2,1-5H3. The summed E-state index contributed by atoms with van der Waals surface area (Å²) in [5, 5.41) is 4.88. The first-order valence-electron chi connectivity index (χ1n) is 7.78. The molecular formula is C18H27NO. The van der Waals surface area contributed by atoms with Crippen LogP contribution in [0.3, 0.4) is 0 Å². The van der Waals surface area contributed by atoms with Gasteiger partial charge in [0.1, 0.15) is 11.3 Å². The molecule has 1 aromatic carbocycles. The minimum atomic E-state index is 0.263. The monoisotopic (exact) mass is 273 g/mol. The maximum atomic E-state index is 6.08. The van der Waals surface area contributed by atoms with Gasteiger partial charge in [0, 0.05) is 10.9 Å². The Hall–Kier alpha value is -1.28. The number of rotatable bonds is 6. The number of hydrogen-bond donors (Lipinski definition) is 1. The quantitative estimate of drug-likeness (QED) is 0.806. The van der Waals surface area contributed by atoms with E-state index in [9.17, 15) is 0 Å². The second-order valence-electron chi connectivity index (χ2n) is 6.15. The maximum Gasteiger partial charge on any atom is 0.134 e. The van der Waals surface area contributed by atoms with E-state index >= 15 is 0 Å². The molecule has 2 nitrogen and oxygen atoms in total. The van der Waals surface area contributed by atoms with Crippen molar-refractivity contribution in [3.05, 3.63) is 35.6 Å². The van der Waals surface area contributed by atoms with Crippen molar-refractivity contribution in [2.75, 3.05) is 6.54 Å². The lowest BCUT2D eigenvalue weighted by molar-refractivity contribution is 0.357. The summed E-state index contributed by atoms with van der Waals surface area (Å²) in [5.74, 6) is 2.48. The molecule has 0 bridgehead atoms. The van der Waals surface area contributed by atoms with E-state index in [0.717, 1.165) is 24.3 Å². The highest BCUT2D eigenvalue weighted by molar-refractivity contribution is 5.82. The zero-order valence-electron chi connectivity index (χ0n) is 13.4. The lowest BCUT2D eigenvalue weighted by atomic mass is 9.97. The van der Waals surface area contributed by atoms with Gasteiger partial charge < -0.3 is 9.73 Å². The number of nitrogens with one attached hydrogen (secondary N) is 1. The van der Waals surface area contributed by atoms with Crippen molar-refractivity contribution >= 4 is 11.0 Å². The van der Waals surface area contributed by atoms with Crippen molar-refractivity contribution in [3.8, 4) is 0 Å². The lowest BCUT2D eigenvalue weighted by Gasteiger charge is -2.19. The Morgan fingerprint density at radius 3 is 2.45 bits per heavy atom. The number of furan rings is 1. The van der Waals surface area contributed by atoms with Gasteiger partial charge in [-0.25, -0.2) is 0 Å². The molecule has 0 spiro atoms. The molecule has 0 saturated carbocycles. The molecule has 2 heteroatoms. The van der Waals surface area contributed by atoms with Crippen LogP contribution in [0.4, 0.5) is 0 Å². The molecule has 20 heavy (non-hydrogen) atoms. The first-order valence-corrected chi connectivity index (χ1v) is 7.78. The topological polar surface area (TPSA) is 25.2 Å². The van der Waals surface area contributed by atoms with Gasteiger partial charge in [-0.15, -0.1) is 0 Å². The first kappa shape index (κ1) is 15.1.